The molecule has 2 aliphatic heterocycles. The highest BCUT2D eigenvalue weighted by Gasteiger charge is 2.26. The van der Waals surface area contributed by atoms with Crippen molar-refractivity contribution in [2.75, 3.05) is 42.5 Å². The Balaban J connectivity index is 0.000000821. The molecule has 0 aliphatic carbocycles. The highest BCUT2D eigenvalue weighted by atomic mass is 32.2. The highest BCUT2D eigenvalue weighted by molar-refractivity contribution is 7.90. The van der Waals surface area contributed by atoms with Crippen molar-refractivity contribution >= 4 is 44.7 Å². The summed E-state index contributed by atoms with van der Waals surface area (Å²) in [6.07, 6.45) is 2.30. The molecule has 174 valence electrons. The Hall–Kier alpha value is -3.37. The van der Waals surface area contributed by atoms with E-state index in [9.17, 15) is 13.2 Å². The topological polar surface area (TPSA) is 112 Å². The van der Waals surface area contributed by atoms with Crippen LogP contribution in [0.1, 0.15) is 12.5 Å². The number of nitrogens with zero attached hydrogens (tertiary/aromatic N) is 3. The number of piperazine rings is 1. The third-order valence-corrected chi connectivity index (χ3v) is 7.70. The number of hydrogen-bond acceptors (Lipinski definition) is 6. The number of carboxylic acid groups (broad SMARTS) is 1. The third kappa shape index (κ3) is 4.19. The Morgan fingerprint density at radius 3 is 2.48 bits per heavy atom. The van der Waals surface area contributed by atoms with Crippen molar-refractivity contribution in [1.82, 2.24) is 9.29 Å². The van der Waals surface area contributed by atoms with Crippen LogP contribution in [-0.4, -0.2) is 62.6 Å². The second-order valence-corrected chi connectivity index (χ2v) is 9.70. The van der Waals surface area contributed by atoms with Gasteiger partial charge in [0, 0.05) is 62.6 Å². The quantitative estimate of drug-likeness (QED) is 0.562. The Morgan fingerprint density at radius 2 is 1.79 bits per heavy atom. The SMILES string of the molecule is CC(=O)N1CCc2cc(S(=O)(=O)n3ccc4c(N5CCNCC5)cccc43)ccc21.O=CO. The molecule has 0 bridgehead atoms. The van der Waals surface area contributed by atoms with Crippen LogP contribution in [0.4, 0.5) is 11.4 Å². The van der Waals surface area contributed by atoms with Crippen molar-refractivity contribution in [3.8, 4) is 0 Å². The maximum absolute atomic E-state index is 13.5. The van der Waals surface area contributed by atoms with Gasteiger partial charge in [-0.2, -0.15) is 0 Å². The van der Waals surface area contributed by atoms with E-state index in [0.29, 0.717) is 18.5 Å². The summed E-state index contributed by atoms with van der Waals surface area (Å²) in [6, 6.07) is 12.8. The maximum atomic E-state index is 13.5. The number of benzene rings is 2. The van der Waals surface area contributed by atoms with Crippen LogP contribution in [0.3, 0.4) is 0 Å². The van der Waals surface area contributed by atoms with Crippen LogP contribution in [0.2, 0.25) is 0 Å². The van der Waals surface area contributed by atoms with Crippen molar-refractivity contribution in [1.29, 1.82) is 0 Å². The first kappa shape index (κ1) is 22.8. The first-order valence-electron chi connectivity index (χ1n) is 10.7. The number of hydrogen-bond donors (Lipinski definition) is 2. The van der Waals surface area contributed by atoms with Gasteiger partial charge in [-0.25, -0.2) is 12.4 Å². The van der Waals surface area contributed by atoms with E-state index in [-0.39, 0.29) is 17.3 Å². The molecule has 0 atom stereocenters. The molecule has 0 saturated carbocycles. The molecule has 33 heavy (non-hydrogen) atoms. The zero-order chi connectivity index (χ0) is 23.6. The van der Waals surface area contributed by atoms with Gasteiger partial charge in [-0.1, -0.05) is 6.07 Å². The van der Waals surface area contributed by atoms with E-state index in [0.717, 1.165) is 48.5 Å². The number of fused-ring (bicyclic) bond motifs is 2. The van der Waals surface area contributed by atoms with Crippen molar-refractivity contribution in [2.45, 2.75) is 18.2 Å². The van der Waals surface area contributed by atoms with Crippen LogP contribution in [0.25, 0.3) is 10.9 Å². The van der Waals surface area contributed by atoms with Crippen LogP contribution in [-0.2, 0) is 26.0 Å². The standard InChI is InChI=1S/C22H24N4O3S.CH2O2/c1-16(27)25-11-7-17-15-18(5-6-20(17)25)30(28,29)26-12-8-19-21(3-2-4-22(19)26)24-13-9-23-10-14-24;2-1-3/h2-6,8,12,15,23H,7,9-11,13-14H2,1H3;1H,(H,2,3). The predicted molar refractivity (Wildman–Crippen MR) is 126 cm³/mol. The van der Waals surface area contributed by atoms with Gasteiger partial charge in [-0.05, 0) is 48.4 Å². The third-order valence-electron chi connectivity index (χ3n) is 6.02. The zero-order valence-corrected chi connectivity index (χ0v) is 19.1. The molecular weight excluding hydrogens is 444 g/mol. The molecule has 0 spiro atoms. The summed E-state index contributed by atoms with van der Waals surface area (Å²) >= 11 is 0. The minimum atomic E-state index is -3.75. The normalized spacial score (nSPS) is 15.7. The lowest BCUT2D eigenvalue weighted by atomic mass is 10.2. The van der Waals surface area contributed by atoms with E-state index >= 15 is 0 Å². The summed E-state index contributed by atoms with van der Waals surface area (Å²) in [4.78, 5) is 24.4. The van der Waals surface area contributed by atoms with Gasteiger partial charge in [0.15, 0.2) is 0 Å². The second kappa shape index (κ2) is 9.24. The second-order valence-electron chi connectivity index (χ2n) is 7.88. The highest BCUT2D eigenvalue weighted by Crippen LogP contribution is 2.33. The number of aromatic nitrogens is 1. The van der Waals surface area contributed by atoms with E-state index in [1.54, 1.807) is 29.3 Å². The number of nitrogens with one attached hydrogen (secondary N) is 1. The first-order valence-corrected chi connectivity index (χ1v) is 12.1. The van der Waals surface area contributed by atoms with Gasteiger partial charge in [0.25, 0.3) is 16.5 Å². The van der Waals surface area contributed by atoms with Gasteiger partial charge in [-0.15, -0.1) is 0 Å². The van der Waals surface area contributed by atoms with Gasteiger partial charge in [0.05, 0.1) is 10.4 Å². The molecule has 0 radical (unpaired) electrons. The summed E-state index contributed by atoms with van der Waals surface area (Å²) in [5.74, 6) is -0.0267. The summed E-state index contributed by atoms with van der Waals surface area (Å²) in [5.41, 5.74) is 3.44. The first-order chi connectivity index (χ1) is 15.9. The van der Waals surface area contributed by atoms with Crippen LogP contribution in [0.5, 0.6) is 0 Å². The monoisotopic (exact) mass is 470 g/mol. The molecule has 9 nitrogen and oxygen atoms in total. The van der Waals surface area contributed by atoms with Crippen molar-refractivity contribution in [2.24, 2.45) is 0 Å². The van der Waals surface area contributed by atoms with Gasteiger partial charge in [0.2, 0.25) is 5.91 Å². The molecule has 5 rings (SSSR count). The molecular formula is C23H26N4O5S. The van der Waals surface area contributed by atoms with Gasteiger partial charge < -0.3 is 20.2 Å². The summed E-state index contributed by atoms with van der Waals surface area (Å²) in [5, 5.41) is 11.2. The van der Waals surface area contributed by atoms with Crippen LogP contribution >= 0.6 is 0 Å². The van der Waals surface area contributed by atoms with Crippen molar-refractivity contribution in [3.63, 3.8) is 0 Å². The van der Waals surface area contributed by atoms with E-state index in [1.807, 2.05) is 18.2 Å². The summed E-state index contributed by atoms with van der Waals surface area (Å²) in [6.45, 7) is 5.50. The van der Waals surface area contributed by atoms with Crippen molar-refractivity contribution < 1.29 is 23.1 Å². The number of carbonyl (C=O) groups excluding carboxylic acids is 1. The fourth-order valence-corrected chi connectivity index (χ4v) is 5.89. The minimum Gasteiger partial charge on any atom is -0.483 e. The fourth-order valence-electron chi connectivity index (χ4n) is 4.50. The average Bonchev–Trinajstić information content (AvgIpc) is 3.44. The van der Waals surface area contributed by atoms with Crippen LogP contribution in [0.15, 0.2) is 53.6 Å². The van der Waals surface area contributed by atoms with E-state index < -0.39 is 10.0 Å². The molecule has 1 saturated heterocycles. The van der Waals surface area contributed by atoms with Crippen LogP contribution in [0, 0.1) is 0 Å². The molecule has 10 heteroatoms. The zero-order valence-electron chi connectivity index (χ0n) is 18.3. The van der Waals surface area contributed by atoms with E-state index in [4.69, 9.17) is 9.90 Å². The molecule has 3 heterocycles. The Kier molecular flexibility index (Phi) is 6.39. The smallest absolute Gasteiger partial charge is 0.290 e. The Morgan fingerprint density at radius 1 is 1.06 bits per heavy atom. The largest absolute Gasteiger partial charge is 0.483 e. The molecule has 2 aliphatic rings. The molecule has 0 unspecified atom stereocenters. The summed E-state index contributed by atoms with van der Waals surface area (Å²) < 4.78 is 28.3. The number of rotatable bonds is 3. The van der Waals surface area contributed by atoms with Crippen LogP contribution < -0.4 is 15.1 Å². The fraction of sp³-hybridized carbons (Fsp3) is 0.304. The molecule has 2 N–H and O–H groups in total. The average molecular weight is 471 g/mol. The number of amides is 1. The van der Waals surface area contributed by atoms with Gasteiger partial charge >= 0.3 is 0 Å². The predicted octanol–water partition coefficient (Wildman–Crippen LogP) is 1.90. The summed E-state index contributed by atoms with van der Waals surface area (Å²) in [7, 11) is -3.75. The Bertz CT molecular complexity index is 1300. The van der Waals surface area contributed by atoms with E-state index in [2.05, 4.69) is 16.3 Å². The molecule has 1 fully saturated rings. The van der Waals surface area contributed by atoms with Gasteiger partial charge in [-0.3, -0.25) is 9.59 Å². The lowest BCUT2D eigenvalue weighted by Gasteiger charge is -2.30. The van der Waals surface area contributed by atoms with Crippen molar-refractivity contribution in [3.05, 3.63) is 54.2 Å². The molecule has 1 aromatic heterocycles. The lowest BCUT2D eigenvalue weighted by Crippen LogP contribution is -2.43. The molecule has 1 amide bonds. The lowest BCUT2D eigenvalue weighted by molar-refractivity contribution is -0.123. The molecule has 2 aromatic carbocycles. The Labute approximate surface area is 192 Å². The molecule has 3 aromatic rings. The van der Waals surface area contributed by atoms with Gasteiger partial charge in [0.1, 0.15) is 0 Å². The number of carbonyl (C=O) groups is 2. The van der Waals surface area contributed by atoms with E-state index in [1.165, 1.54) is 10.9 Å². The number of anilines is 2. The maximum Gasteiger partial charge on any atom is 0.290 e. The minimum absolute atomic E-state index is 0.0267.